The largest absolute Gasteiger partial charge is 0.398 e. The lowest BCUT2D eigenvalue weighted by Gasteiger charge is -1.90. The maximum atomic E-state index is 10.3. The molecule has 0 heterocycles. The average Bonchev–Trinajstić information content (AvgIpc) is 1.88. The summed E-state index contributed by atoms with van der Waals surface area (Å²) in [5.41, 5.74) is 5.62. The molecule has 0 unspecified atom stereocenters. The molecule has 0 saturated carbocycles. The highest BCUT2D eigenvalue weighted by atomic mass is 32.2. The van der Waals surface area contributed by atoms with Gasteiger partial charge in [0.25, 0.3) is 0 Å². The number of rotatable bonds is 1. The van der Waals surface area contributed by atoms with Crippen molar-refractivity contribution >= 4 is 16.4 Å². The maximum absolute atomic E-state index is 10.3. The summed E-state index contributed by atoms with van der Waals surface area (Å²) in [4.78, 5) is 0.228. The number of hydrogen-bond acceptors (Lipinski definition) is 3. The van der Waals surface area contributed by atoms with Gasteiger partial charge in [0, 0.05) is 11.8 Å². The van der Waals surface area contributed by atoms with Gasteiger partial charge in [-0.05, 0) is 12.1 Å². The molecular weight excluding hydrogens is 150 g/mol. The van der Waals surface area contributed by atoms with Crippen LogP contribution in [0.2, 0.25) is 0 Å². The van der Waals surface area contributed by atoms with E-state index >= 15 is 0 Å². The molecule has 3 nitrogen and oxygen atoms in total. The van der Waals surface area contributed by atoms with E-state index in [2.05, 4.69) is 6.07 Å². The number of nitrogen functional groups attached to an aromatic ring is 1. The fourth-order valence-electron chi connectivity index (χ4n) is 0.586. The quantitative estimate of drug-likeness (QED) is 0.446. The lowest BCUT2D eigenvalue weighted by Crippen LogP contribution is -1.86. The van der Waals surface area contributed by atoms with Gasteiger partial charge < -0.3 is 5.73 Å². The van der Waals surface area contributed by atoms with Crippen molar-refractivity contribution in [1.82, 2.24) is 0 Å². The summed E-state index contributed by atoms with van der Waals surface area (Å²) < 4.78 is 20.6. The summed E-state index contributed by atoms with van der Waals surface area (Å²) in [5, 5.41) is 0. The summed E-state index contributed by atoms with van der Waals surface area (Å²) in [6, 6.07) is 6.93. The molecule has 4 heteroatoms. The zero-order valence-electron chi connectivity index (χ0n) is 5.07. The molecule has 0 atom stereocenters. The average molecular weight is 156 g/mol. The summed E-state index contributed by atoms with van der Waals surface area (Å²) in [7, 11) is -2.51. The molecule has 0 aliphatic carbocycles. The monoisotopic (exact) mass is 156 g/mol. The minimum atomic E-state index is -2.51. The molecule has 2 N–H and O–H groups in total. The van der Waals surface area contributed by atoms with Crippen LogP contribution in [-0.2, 0) is 10.7 Å². The van der Waals surface area contributed by atoms with Gasteiger partial charge in [0.05, 0.1) is 4.90 Å². The number of hydrogen-bond donors (Lipinski definition) is 2. The van der Waals surface area contributed by atoms with Gasteiger partial charge in [-0.3, -0.25) is 0 Å². The fraction of sp³-hybridized carbons (Fsp3) is 0. The smallest absolute Gasteiger partial charge is 0.168 e. The van der Waals surface area contributed by atoms with E-state index < -0.39 is 10.7 Å². The van der Waals surface area contributed by atoms with Crippen molar-refractivity contribution in [3.05, 3.63) is 24.3 Å². The second-order valence-electron chi connectivity index (χ2n) is 1.76. The van der Waals surface area contributed by atoms with Crippen LogP contribution >= 0.6 is 0 Å². The molecule has 0 spiro atoms. The van der Waals surface area contributed by atoms with E-state index in [0.29, 0.717) is 5.69 Å². The third kappa shape index (κ3) is 1.48. The molecule has 53 valence electrons. The number of benzene rings is 1. The third-order valence-electron chi connectivity index (χ3n) is 1.02. The first-order valence-electron chi connectivity index (χ1n) is 2.62. The number of nitrogens with two attached hydrogens (primary N) is 1. The van der Waals surface area contributed by atoms with E-state index in [-0.39, 0.29) is 4.90 Å². The second-order valence-corrected chi connectivity index (χ2v) is 2.79. The normalized spacial score (nSPS) is 10.1. The van der Waals surface area contributed by atoms with Crippen LogP contribution in [0.1, 0.15) is 0 Å². The van der Waals surface area contributed by atoms with Crippen LogP contribution in [0, 0.1) is 6.07 Å². The highest BCUT2D eigenvalue weighted by molar-refractivity contribution is 7.72. The van der Waals surface area contributed by atoms with E-state index in [9.17, 15) is 8.42 Å². The molecule has 0 aliphatic heterocycles. The zero-order valence-corrected chi connectivity index (χ0v) is 5.97. The Labute approximate surface area is 60.4 Å². The number of anilines is 1. The highest BCUT2D eigenvalue weighted by Crippen LogP contribution is 2.05. The summed E-state index contributed by atoms with van der Waals surface area (Å²) in [5.74, 6) is 0. The minimum Gasteiger partial charge on any atom is -0.398 e. The summed E-state index contributed by atoms with van der Waals surface area (Å²) >= 11 is 0. The molecular formula is C6H6NO2S. The molecule has 0 fully saturated rings. The summed E-state index contributed by atoms with van der Waals surface area (Å²) in [6.07, 6.45) is 0. The van der Waals surface area contributed by atoms with Gasteiger partial charge in [-0.15, -0.1) is 0 Å². The standard InChI is InChI=1S/C6H6NO2S/c7-5-2-1-3-6(4-5)10(8)9/h1,3-4,10H,7H2. The maximum Gasteiger partial charge on any atom is 0.168 e. The van der Waals surface area contributed by atoms with Crippen molar-refractivity contribution in [2.45, 2.75) is 4.90 Å². The molecule has 1 rings (SSSR count). The SMILES string of the molecule is Nc1[c]ccc([SH](=O)=O)c1. The molecule has 0 aliphatic rings. The fourth-order valence-corrected chi connectivity index (χ4v) is 1.03. The Kier molecular flexibility index (Phi) is 1.91. The Bertz CT molecular complexity index is 298. The van der Waals surface area contributed by atoms with E-state index in [1.165, 1.54) is 18.2 Å². The van der Waals surface area contributed by atoms with Crippen molar-refractivity contribution < 1.29 is 8.42 Å². The zero-order chi connectivity index (χ0) is 7.56. The van der Waals surface area contributed by atoms with Crippen molar-refractivity contribution in [3.63, 3.8) is 0 Å². The molecule has 10 heavy (non-hydrogen) atoms. The first-order chi connectivity index (χ1) is 4.70. The lowest BCUT2D eigenvalue weighted by atomic mass is 10.3. The van der Waals surface area contributed by atoms with Crippen LogP contribution in [0.4, 0.5) is 5.69 Å². The van der Waals surface area contributed by atoms with Gasteiger partial charge in [-0.25, -0.2) is 8.42 Å². The Morgan fingerprint density at radius 2 is 2.20 bits per heavy atom. The van der Waals surface area contributed by atoms with Crippen LogP contribution in [-0.4, -0.2) is 8.42 Å². The predicted octanol–water partition coefficient (Wildman–Crippen LogP) is 0.0393. The van der Waals surface area contributed by atoms with Crippen molar-refractivity contribution in [1.29, 1.82) is 0 Å². The van der Waals surface area contributed by atoms with Crippen molar-refractivity contribution in [2.24, 2.45) is 0 Å². The summed E-state index contributed by atoms with van der Waals surface area (Å²) in [6.45, 7) is 0. The van der Waals surface area contributed by atoms with Gasteiger partial charge in [-0.2, -0.15) is 0 Å². The van der Waals surface area contributed by atoms with Crippen LogP contribution < -0.4 is 5.73 Å². The number of thiol groups is 1. The minimum absolute atomic E-state index is 0.228. The van der Waals surface area contributed by atoms with E-state index in [1.807, 2.05) is 0 Å². The van der Waals surface area contributed by atoms with Gasteiger partial charge in [-0.1, -0.05) is 6.07 Å². The van der Waals surface area contributed by atoms with E-state index in [4.69, 9.17) is 5.73 Å². The van der Waals surface area contributed by atoms with Gasteiger partial charge >= 0.3 is 0 Å². The molecule has 0 saturated heterocycles. The van der Waals surface area contributed by atoms with E-state index in [0.717, 1.165) is 0 Å². The predicted molar refractivity (Wildman–Crippen MR) is 38.3 cm³/mol. The molecule has 1 radical (unpaired) electrons. The third-order valence-corrected chi connectivity index (χ3v) is 1.72. The van der Waals surface area contributed by atoms with Crippen LogP contribution in [0.25, 0.3) is 0 Å². The van der Waals surface area contributed by atoms with Gasteiger partial charge in [0.1, 0.15) is 0 Å². The first-order valence-corrected chi connectivity index (χ1v) is 3.79. The van der Waals surface area contributed by atoms with Crippen LogP contribution in [0.3, 0.4) is 0 Å². The van der Waals surface area contributed by atoms with Crippen molar-refractivity contribution in [3.8, 4) is 0 Å². The van der Waals surface area contributed by atoms with Crippen LogP contribution in [0.15, 0.2) is 23.1 Å². The Morgan fingerprint density at radius 1 is 1.50 bits per heavy atom. The molecule has 0 amide bonds. The Balaban J connectivity index is 3.19. The topological polar surface area (TPSA) is 60.2 Å². The Morgan fingerprint density at radius 3 is 2.60 bits per heavy atom. The first kappa shape index (κ1) is 7.08. The molecule has 1 aromatic rings. The molecule has 0 aromatic heterocycles. The van der Waals surface area contributed by atoms with Crippen molar-refractivity contribution in [2.75, 3.05) is 5.73 Å². The molecule has 0 bridgehead atoms. The van der Waals surface area contributed by atoms with Gasteiger partial charge in [0.15, 0.2) is 10.7 Å². The van der Waals surface area contributed by atoms with E-state index in [1.54, 1.807) is 0 Å². The van der Waals surface area contributed by atoms with Crippen LogP contribution in [0.5, 0.6) is 0 Å². The molecule has 1 aromatic carbocycles. The van der Waals surface area contributed by atoms with Gasteiger partial charge in [0.2, 0.25) is 0 Å². The Hall–Kier alpha value is -1.03. The second kappa shape index (κ2) is 2.70. The lowest BCUT2D eigenvalue weighted by molar-refractivity contribution is 0.614. The highest BCUT2D eigenvalue weighted by Gasteiger charge is 1.92.